The molecule has 1 aromatic carbocycles. The predicted octanol–water partition coefficient (Wildman–Crippen LogP) is 5.05. The molecular weight excluding hydrogens is 326 g/mol. The van der Waals surface area contributed by atoms with E-state index in [1.54, 1.807) is 6.92 Å². The number of rotatable bonds is 4. The van der Waals surface area contributed by atoms with Gasteiger partial charge in [-0.25, -0.2) is 0 Å². The number of hydrogen-bond donors (Lipinski definition) is 1. The molecule has 0 saturated carbocycles. The topological polar surface area (TPSA) is 55.4 Å². The number of furan rings is 2. The average Bonchev–Trinajstić information content (AvgIpc) is 3.11. The average molecular weight is 344 g/mol. The Morgan fingerprint density at radius 3 is 2.33 bits per heavy atom. The zero-order valence-corrected chi connectivity index (χ0v) is 14.5. The molecule has 24 heavy (non-hydrogen) atoms. The Bertz CT molecular complexity index is 875. The molecule has 0 radical (unpaired) electrons. The van der Waals surface area contributed by atoms with Crippen LogP contribution >= 0.6 is 11.6 Å². The van der Waals surface area contributed by atoms with E-state index in [0.29, 0.717) is 28.7 Å². The van der Waals surface area contributed by atoms with Gasteiger partial charge in [0.25, 0.3) is 5.91 Å². The van der Waals surface area contributed by atoms with Crippen molar-refractivity contribution in [3.05, 3.63) is 69.8 Å². The van der Waals surface area contributed by atoms with Crippen LogP contribution in [0.3, 0.4) is 0 Å². The van der Waals surface area contributed by atoms with Crippen molar-refractivity contribution in [3.63, 3.8) is 0 Å². The number of carbonyl (C=O) groups is 1. The first kappa shape index (κ1) is 16.4. The SMILES string of the molecule is Cc1oc(C)c(C(=O)NCc2ccc(-c3ccc(Cl)cc3)o2)c1C. The molecule has 0 aliphatic carbocycles. The molecule has 0 bridgehead atoms. The van der Waals surface area contributed by atoms with E-state index in [1.165, 1.54) is 0 Å². The van der Waals surface area contributed by atoms with Crippen LogP contribution in [0.4, 0.5) is 0 Å². The first-order chi connectivity index (χ1) is 11.5. The van der Waals surface area contributed by atoms with Crippen molar-refractivity contribution in [3.8, 4) is 11.3 Å². The molecule has 0 spiro atoms. The summed E-state index contributed by atoms with van der Waals surface area (Å²) in [5.74, 6) is 2.65. The molecule has 0 fully saturated rings. The van der Waals surface area contributed by atoms with E-state index >= 15 is 0 Å². The van der Waals surface area contributed by atoms with Crippen LogP contribution in [0.2, 0.25) is 5.02 Å². The molecule has 5 heteroatoms. The zero-order chi connectivity index (χ0) is 17.3. The molecule has 0 aliphatic rings. The molecule has 0 aliphatic heterocycles. The Kier molecular flexibility index (Phi) is 4.49. The molecule has 1 amide bonds. The van der Waals surface area contributed by atoms with Crippen LogP contribution in [0.25, 0.3) is 11.3 Å². The summed E-state index contributed by atoms with van der Waals surface area (Å²) >= 11 is 5.89. The van der Waals surface area contributed by atoms with Gasteiger partial charge in [0.15, 0.2) is 0 Å². The Morgan fingerprint density at radius 2 is 1.71 bits per heavy atom. The molecule has 3 aromatic rings. The van der Waals surface area contributed by atoms with Crippen LogP contribution in [0, 0.1) is 20.8 Å². The maximum absolute atomic E-state index is 12.4. The van der Waals surface area contributed by atoms with Gasteiger partial charge in [0.1, 0.15) is 23.0 Å². The minimum Gasteiger partial charge on any atom is -0.466 e. The van der Waals surface area contributed by atoms with Crippen molar-refractivity contribution in [2.75, 3.05) is 0 Å². The molecule has 0 atom stereocenters. The second-order valence-corrected chi connectivity index (χ2v) is 6.11. The molecular formula is C19H18ClNO3. The highest BCUT2D eigenvalue weighted by atomic mass is 35.5. The highest BCUT2D eigenvalue weighted by molar-refractivity contribution is 6.30. The van der Waals surface area contributed by atoms with Gasteiger partial charge in [-0.1, -0.05) is 11.6 Å². The standard InChI is InChI=1S/C19H18ClNO3/c1-11-12(2)23-13(3)18(11)19(22)21-10-16-8-9-17(24-16)14-4-6-15(20)7-5-14/h4-9H,10H2,1-3H3,(H,21,22). The fraction of sp³-hybridized carbons (Fsp3) is 0.211. The summed E-state index contributed by atoms with van der Waals surface area (Å²) in [4.78, 5) is 12.4. The summed E-state index contributed by atoms with van der Waals surface area (Å²) in [7, 11) is 0. The van der Waals surface area contributed by atoms with Gasteiger partial charge in [0.2, 0.25) is 0 Å². The van der Waals surface area contributed by atoms with Crippen LogP contribution in [-0.2, 0) is 6.54 Å². The highest BCUT2D eigenvalue weighted by Gasteiger charge is 2.18. The monoisotopic (exact) mass is 343 g/mol. The maximum atomic E-state index is 12.4. The first-order valence-electron chi connectivity index (χ1n) is 7.65. The predicted molar refractivity (Wildman–Crippen MR) is 93.2 cm³/mol. The fourth-order valence-electron chi connectivity index (χ4n) is 2.63. The quantitative estimate of drug-likeness (QED) is 0.721. The van der Waals surface area contributed by atoms with Gasteiger partial charge in [-0.05, 0) is 57.2 Å². The second kappa shape index (κ2) is 6.57. The van der Waals surface area contributed by atoms with Crippen LogP contribution < -0.4 is 5.32 Å². The molecule has 2 aromatic heterocycles. The van der Waals surface area contributed by atoms with Gasteiger partial charge >= 0.3 is 0 Å². The number of benzene rings is 1. The van der Waals surface area contributed by atoms with Crippen molar-refractivity contribution in [1.29, 1.82) is 0 Å². The van der Waals surface area contributed by atoms with Gasteiger partial charge < -0.3 is 14.2 Å². The summed E-state index contributed by atoms with van der Waals surface area (Å²) in [6, 6.07) is 11.1. The molecule has 0 saturated heterocycles. The number of halogens is 1. The van der Waals surface area contributed by atoms with Gasteiger partial charge in [0, 0.05) is 16.1 Å². The number of amides is 1. The highest BCUT2D eigenvalue weighted by Crippen LogP contribution is 2.24. The number of aryl methyl sites for hydroxylation is 2. The number of hydrogen-bond acceptors (Lipinski definition) is 3. The Hall–Kier alpha value is -2.46. The van der Waals surface area contributed by atoms with Crippen molar-refractivity contribution in [1.82, 2.24) is 5.32 Å². The van der Waals surface area contributed by atoms with E-state index in [-0.39, 0.29) is 5.91 Å². The van der Waals surface area contributed by atoms with E-state index in [9.17, 15) is 4.79 Å². The Balaban J connectivity index is 1.69. The minimum atomic E-state index is -0.161. The van der Waals surface area contributed by atoms with Crippen molar-refractivity contribution < 1.29 is 13.6 Å². The van der Waals surface area contributed by atoms with Crippen LogP contribution in [0.5, 0.6) is 0 Å². The first-order valence-corrected chi connectivity index (χ1v) is 8.03. The molecule has 1 N–H and O–H groups in total. The lowest BCUT2D eigenvalue weighted by atomic mass is 10.1. The van der Waals surface area contributed by atoms with Crippen LogP contribution in [0.15, 0.2) is 45.2 Å². The number of nitrogens with one attached hydrogen (secondary N) is 1. The maximum Gasteiger partial charge on any atom is 0.255 e. The van der Waals surface area contributed by atoms with E-state index < -0.39 is 0 Å². The number of carbonyl (C=O) groups excluding carboxylic acids is 1. The Labute approximate surface area is 145 Å². The van der Waals surface area contributed by atoms with Crippen molar-refractivity contribution in [2.24, 2.45) is 0 Å². The lowest BCUT2D eigenvalue weighted by molar-refractivity contribution is 0.0946. The van der Waals surface area contributed by atoms with Crippen molar-refractivity contribution >= 4 is 17.5 Å². The second-order valence-electron chi connectivity index (χ2n) is 5.67. The molecule has 0 unspecified atom stereocenters. The van der Waals surface area contributed by atoms with Gasteiger partial charge in [-0.3, -0.25) is 4.79 Å². The fourth-order valence-corrected chi connectivity index (χ4v) is 2.75. The van der Waals surface area contributed by atoms with Crippen LogP contribution in [-0.4, -0.2) is 5.91 Å². The minimum absolute atomic E-state index is 0.161. The largest absolute Gasteiger partial charge is 0.466 e. The zero-order valence-electron chi connectivity index (χ0n) is 13.8. The summed E-state index contributed by atoms with van der Waals surface area (Å²) in [5, 5.41) is 3.55. The van der Waals surface area contributed by atoms with E-state index in [0.717, 1.165) is 22.6 Å². The third-order valence-electron chi connectivity index (χ3n) is 4.00. The molecule has 2 heterocycles. The van der Waals surface area contributed by atoms with Gasteiger partial charge in [-0.15, -0.1) is 0 Å². The summed E-state index contributed by atoms with van der Waals surface area (Å²) in [5.41, 5.74) is 2.40. The Morgan fingerprint density at radius 1 is 1.00 bits per heavy atom. The third-order valence-corrected chi connectivity index (χ3v) is 4.25. The van der Waals surface area contributed by atoms with Gasteiger partial charge in [-0.2, -0.15) is 0 Å². The molecule has 3 rings (SSSR count). The normalized spacial score (nSPS) is 10.8. The lowest BCUT2D eigenvalue weighted by Gasteiger charge is -2.03. The summed E-state index contributed by atoms with van der Waals surface area (Å²) in [6.07, 6.45) is 0. The summed E-state index contributed by atoms with van der Waals surface area (Å²) < 4.78 is 11.3. The van der Waals surface area contributed by atoms with Crippen LogP contribution in [0.1, 0.15) is 33.2 Å². The van der Waals surface area contributed by atoms with Gasteiger partial charge in [0.05, 0.1) is 12.1 Å². The summed E-state index contributed by atoms with van der Waals surface area (Å²) in [6.45, 7) is 5.84. The molecule has 4 nitrogen and oxygen atoms in total. The third kappa shape index (κ3) is 3.24. The van der Waals surface area contributed by atoms with E-state index in [4.69, 9.17) is 20.4 Å². The lowest BCUT2D eigenvalue weighted by Crippen LogP contribution is -2.23. The molecule has 124 valence electrons. The smallest absolute Gasteiger partial charge is 0.255 e. The van der Waals surface area contributed by atoms with E-state index in [1.807, 2.05) is 50.2 Å². The van der Waals surface area contributed by atoms with Crippen molar-refractivity contribution in [2.45, 2.75) is 27.3 Å². The van der Waals surface area contributed by atoms with E-state index in [2.05, 4.69) is 5.32 Å².